The molecule has 0 spiro atoms. The van der Waals surface area contributed by atoms with E-state index >= 15 is 0 Å². The Labute approximate surface area is 165 Å². The van der Waals surface area contributed by atoms with Crippen molar-refractivity contribution < 1.29 is 19.0 Å². The van der Waals surface area contributed by atoms with Crippen LogP contribution in [0.25, 0.3) is 21.8 Å². The van der Waals surface area contributed by atoms with E-state index in [2.05, 4.69) is 9.98 Å². The minimum atomic E-state index is -0.656. The lowest BCUT2D eigenvalue weighted by Gasteiger charge is -2.08. The summed E-state index contributed by atoms with van der Waals surface area (Å²) in [7, 11) is 3.09. The molecule has 0 radical (unpaired) electrons. The molecule has 29 heavy (non-hydrogen) atoms. The van der Waals surface area contributed by atoms with Gasteiger partial charge in [0.15, 0.2) is 11.5 Å². The largest absolute Gasteiger partial charge is 0.493 e. The van der Waals surface area contributed by atoms with E-state index in [4.69, 9.17) is 13.9 Å². The summed E-state index contributed by atoms with van der Waals surface area (Å²) in [5.41, 5.74) is 2.16. The lowest BCUT2D eigenvalue weighted by Crippen LogP contribution is -2.04. The predicted octanol–water partition coefficient (Wildman–Crippen LogP) is 4.12. The van der Waals surface area contributed by atoms with Crippen molar-refractivity contribution in [3.8, 4) is 17.4 Å². The molecule has 0 saturated carbocycles. The van der Waals surface area contributed by atoms with Crippen molar-refractivity contribution in [1.82, 2.24) is 4.98 Å². The van der Waals surface area contributed by atoms with Crippen molar-refractivity contribution in [2.45, 2.75) is 6.92 Å². The quantitative estimate of drug-likeness (QED) is 0.416. The zero-order valence-corrected chi connectivity index (χ0v) is 16.1. The van der Waals surface area contributed by atoms with Gasteiger partial charge in [0.1, 0.15) is 5.56 Å². The van der Waals surface area contributed by atoms with Crippen molar-refractivity contribution in [1.29, 1.82) is 0 Å². The van der Waals surface area contributed by atoms with E-state index in [0.29, 0.717) is 22.7 Å². The SMILES string of the molecule is COc1ccc(N=Cc2c(O)oc(=O)c3cc4cccc(C)c4nc23)cc1OC. The van der Waals surface area contributed by atoms with Gasteiger partial charge in [-0.3, -0.25) is 4.99 Å². The first-order chi connectivity index (χ1) is 14.0. The van der Waals surface area contributed by atoms with Crippen LogP contribution in [0.1, 0.15) is 11.1 Å². The second-order valence-corrected chi connectivity index (χ2v) is 6.44. The molecular weight excluding hydrogens is 372 g/mol. The molecule has 0 bridgehead atoms. The number of benzene rings is 2. The molecule has 7 nitrogen and oxygen atoms in total. The maximum atomic E-state index is 12.3. The van der Waals surface area contributed by atoms with Crippen LogP contribution in [0.3, 0.4) is 0 Å². The average Bonchev–Trinajstić information content (AvgIpc) is 2.73. The zero-order chi connectivity index (χ0) is 20.5. The number of hydrogen-bond acceptors (Lipinski definition) is 7. The number of aromatic nitrogens is 1. The van der Waals surface area contributed by atoms with Crippen LogP contribution in [-0.4, -0.2) is 30.5 Å². The van der Waals surface area contributed by atoms with Crippen molar-refractivity contribution >= 4 is 33.7 Å². The van der Waals surface area contributed by atoms with Crippen LogP contribution in [0.2, 0.25) is 0 Å². The number of methoxy groups -OCH3 is 2. The first-order valence-corrected chi connectivity index (χ1v) is 8.84. The summed E-state index contributed by atoms with van der Waals surface area (Å²) < 4.78 is 15.5. The highest BCUT2D eigenvalue weighted by Gasteiger charge is 2.15. The predicted molar refractivity (Wildman–Crippen MR) is 111 cm³/mol. The van der Waals surface area contributed by atoms with E-state index < -0.39 is 11.6 Å². The molecule has 0 fully saturated rings. The van der Waals surface area contributed by atoms with Crippen molar-refractivity contribution in [2.24, 2.45) is 4.99 Å². The van der Waals surface area contributed by atoms with Crippen LogP contribution in [0.15, 0.2) is 56.7 Å². The fourth-order valence-corrected chi connectivity index (χ4v) is 3.17. The van der Waals surface area contributed by atoms with Crippen LogP contribution in [0.4, 0.5) is 5.69 Å². The van der Waals surface area contributed by atoms with Crippen molar-refractivity contribution in [3.63, 3.8) is 0 Å². The van der Waals surface area contributed by atoms with Gasteiger partial charge >= 0.3 is 5.63 Å². The molecule has 0 atom stereocenters. The molecule has 2 aromatic heterocycles. The number of hydrogen-bond donors (Lipinski definition) is 1. The van der Waals surface area contributed by atoms with Gasteiger partial charge < -0.3 is 19.0 Å². The van der Waals surface area contributed by atoms with Gasteiger partial charge in [0.2, 0.25) is 0 Å². The minimum Gasteiger partial charge on any atom is -0.493 e. The molecule has 0 aliphatic heterocycles. The van der Waals surface area contributed by atoms with Crippen LogP contribution in [0, 0.1) is 6.92 Å². The van der Waals surface area contributed by atoms with E-state index in [0.717, 1.165) is 16.5 Å². The fraction of sp³-hybridized carbons (Fsp3) is 0.136. The van der Waals surface area contributed by atoms with Crippen LogP contribution in [-0.2, 0) is 0 Å². The maximum Gasteiger partial charge on any atom is 0.348 e. The summed E-state index contributed by atoms with van der Waals surface area (Å²) in [5, 5.41) is 11.3. The summed E-state index contributed by atoms with van der Waals surface area (Å²) in [6, 6.07) is 12.6. The first-order valence-electron chi connectivity index (χ1n) is 8.84. The third-order valence-corrected chi connectivity index (χ3v) is 4.65. The highest BCUT2D eigenvalue weighted by molar-refractivity contribution is 6.03. The molecule has 0 aliphatic rings. The second kappa shape index (κ2) is 7.27. The Kier molecular flexibility index (Phi) is 4.64. The molecule has 0 saturated heterocycles. The lowest BCUT2D eigenvalue weighted by atomic mass is 10.1. The van der Waals surface area contributed by atoms with Gasteiger partial charge in [0, 0.05) is 17.7 Å². The number of aliphatic imine (C=N–C) groups is 1. The van der Waals surface area contributed by atoms with Gasteiger partial charge in [0.25, 0.3) is 5.95 Å². The standard InChI is InChI=1S/C22H18N2O5/c1-12-5-4-6-13-9-15-20(24-19(12)13)16(22(26)29-21(15)25)11-23-14-7-8-17(27-2)18(10-14)28-3/h4-11,26H,1-3H3. The van der Waals surface area contributed by atoms with Crippen LogP contribution >= 0.6 is 0 Å². The van der Waals surface area contributed by atoms with E-state index in [-0.39, 0.29) is 10.9 Å². The average molecular weight is 390 g/mol. The van der Waals surface area contributed by atoms with Gasteiger partial charge in [0.05, 0.1) is 36.3 Å². The molecule has 1 N–H and O–H groups in total. The van der Waals surface area contributed by atoms with E-state index in [9.17, 15) is 9.90 Å². The Balaban J connectivity index is 1.90. The summed E-state index contributed by atoms with van der Waals surface area (Å²) >= 11 is 0. The van der Waals surface area contributed by atoms with E-state index in [1.807, 2.05) is 25.1 Å². The Morgan fingerprint density at radius 1 is 1.07 bits per heavy atom. The van der Waals surface area contributed by atoms with Crippen molar-refractivity contribution in [3.05, 3.63) is 64.0 Å². The van der Waals surface area contributed by atoms with Gasteiger partial charge in [-0.2, -0.15) is 0 Å². The molecule has 0 amide bonds. The lowest BCUT2D eigenvalue weighted by molar-refractivity contribution is 0.312. The number of ether oxygens (including phenoxy) is 2. The molecule has 0 unspecified atom stereocenters. The Morgan fingerprint density at radius 2 is 1.86 bits per heavy atom. The Morgan fingerprint density at radius 3 is 2.62 bits per heavy atom. The fourth-order valence-electron chi connectivity index (χ4n) is 3.17. The first kappa shape index (κ1) is 18.5. The molecule has 2 aromatic carbocycles. The Hall–Kier alpha value is -3.87. The minimum absolute atomic E-state index is 0.222. The number of pyridine rings is 1. The molecule has 7 heteroatoms. The van der Waals surface area contributed by atoms with Crippen LogP contribution < -0.4 is 15.1 Å². The molecule has 146 valence electrons. The number of aromatic hydroxyl groups is 1. The summed E-state index contributed by atoms with van der Waals surface area (Å²) in [5.74, 6) is 0.566. The zero-order valence-electron chi connectivity index (χ0n) is 16.1. The van der Waals surface area contributed by atoms with Gasteiger partial charge in [-0.25, -0.2) is 9.78 Å². The topological polar surface area (TPSA) is 94.2 Å². The normalized spacial score (nSPS) is 11.4. The van der Waals surface area contributed by atoms with E-state index in [1.54, 1.807) is 31.4 Å². The highest BCUT2D eigenvalue weighted by Crippen LogP contribution is 2.32. The summed E-state index contributed by atoms with van der Waals surface area (Å²) in [6.45, 7) is 1.93. The monoisotopic (exact) mass is 390 g/mol. The molecule has 4 rings (SSSR count). The van der Waals surface area contributed by atoms with E-state index in [1.165, 1.54) is 13.3 Å². The number of aryl methyl sites for hydroxylation is 1. The third kappa shape index (κ3) is 3.27. The number of rotatable bonds is 4. The smallest absolute Gasteiger partial charge is 0.348 e. The number of nitrogens with zero attached hydrogens (tertiary/aromatic N) is 2. The molecule has 0 aliphatic carbocycles. The molecule has 4 aromatic rings. The maximum absolute atomic E-state index is 12.3. The summed E-state index contributed by atoms with van der Waals surface area (Å²) in [4.78, 5) is 21.3. The van der Waals surface area contributed by atoms with Gasteiger partial charge in [-0.15, -0.1) is 0 Å². The van der Waals surface area contributed by atoms with Crippen LogP contribution in [0.5, 0.6) is 17.4 Å². The Bertz CT molecular complexity index is 1320. The highest BCUT2D eigenvalue weighted by atomic mass is 16.5. The summed E-state index contributed by atoms with van der Waals surface area (Å²) in [6.07, 6.45) is 1.42. The molecular formula is C22H18N2O5. The molecule has 2 heterocycles. The van der Waals surface area contributed by atoms with Gasteiger partial charge in [-0.1, -0.05) is 18.2 Å². The third-order valence-electron chi connectivity index (χ3n) is 4.65. The number of fused-ring (bicyclic) bond motifs is 2. The van der Waals surface area contributed by atoms with Gasteiger partial charge in [-0.05, 0) is 30.7 Å². The second-order valence-electron chi connectivity index (χ2n) is 6.44. The van der Waals surface area contributed by atoms with Crippen molar-refractivity contribution in [2.75, 3.05) is 14.2 Å². The number of para-hydroxylation sites is 1.